The summed E-state index contributed by atoms with van der Waals surface area (Å²) >= 11 is 9.67. The van der Waals surface area contributed by atoms with Gasteiger partial charge < -0.3 is 54.8 Å². The van der Waals surface area contributed by atoms with Crippen molar-refractivity contribution in [1.82, 2.24) is 25.3 Å². The number of aliphatic hydroxyl groups is 2. The zero-order chi connectivity index (χ0) is 38.3. The van der Waals surface area contributed by atoms with Gasteiger partial charge in [-0.05, 0) is 59.1 Å². The van der Waals surface area contributed by atoms with Crippen molar-refractivity contribution in [2.45, 2.75) is 51.3 Å². The molecule has 0 fully saturated rings. The maximum atomic E-state index is 12.5. The number of amides is 1. The Morgan fingerprint density at radius 1 is 0.863 bits per heavy atom. The van der Waals surface area contributed by atoms with E-state index in [2.05, 4.69) is 42.8 Å². The van der Waals surface area contributed by atoms with Crippen LogP contribution in [0, 0.1) is 13.8 Å². The summed E-state index contributed by atoms with van der Waals surface area (Å²) in [7, 11) is 0. The van der Waals surface area contributed by atoms with Crippen LogP contribution in [0.15, 0.2) is 60.9 Å². The van der Waals surface area contributed by atoms with Crippen LogP contribution in [-0.4, -0.2) is 86.5 Å². The van der Waals surface area contributed by atoms with Gasteiger partial charge in [0.2, 0.25) is 0 Å². The SMILES string of the molecule is Cc1ccc(-c2cnc(C(CO)(COP(C)(C)=S)NC(=O)OC(C)(C)C)[nH]2)cc1.Cc1ccc(-c2cnc(C([NH3+])(CO)COP([O-])(O)=S)[nH]2)cc1. The molecule has 3 atom stereocenters. The fourth-order valence-corrected chi connectivity index (χ4v) is 5.65. The van der Waals surface area contributed by atoms with Gasteiger partial charge in [0.15, 0.2) is 11.4 Å². The summed E-state index contributed by atoms with van der Waals surface area (Å²) in [4.78, 5) is 47.5. The fourth-order valence-electron chi connectivity index (χ4n) is 4.40. The molecule has 1 amide bonds. The number of H-pyrrole nitrogens is 2. The number of aliphatic hydroxyl groups excluding tert-OH is 2. The maximum absolute atomic E-state index is 12.5. The maximum Gasteiger partial charge on any atom is 0.408 e. The zero-order valence-corrected chi connectivity index (χ0v) is 33.2. The van der Waals surface area contributed by atoms with Gasteiger partial charge in [-0.15, -0.1) is 0 Å². The van der Waals surface area contributed by atoms with E-state index in [4.69, 9.17) is 30.5 Å². The molecule has 0 aliphatic rings. The molecule has 4 aromatic rings. The molecule has 0 spiro atoms. The average molecular weight is 783 g/mol. The predicted octanol–water partition coefficient (Wildman–Crippen LogP) is 3.18. The quantitative estimate of drug-likeness (QED) is 0.0972. The molecule has 2 aromatic carbocycles. The number of benzene rings is 2. The average Bonchev–Trinajstić information content (AvgIpc) is 3.73. The van der Waals surface area contributed by atoms with Crippen LogP contribution in [0.2, 0.25) is 0 Å². The Bertz CT molecular complexity index is 1840. The highest BCUT2D eigenvalue weighted by atomic mass is 32.5. The minimum absolute atomic E-state index is 0.0339. The van der Waals surface area contributed by atoms with Gasteiger partial charge in [0, 0.05) is 0 Å². The van der Waals surface area contributed by atoms with E-state index in [1.165, 1.54) is 0 Å². The van der Waals surface area contributed by atoms with E-state index in [1.54, 1.807) is 33.2 Å². The van der Waals surface area contributed by atoms with Crippen molar-refractivity contribution in [1.29, 1.82) is 0 Å². The molecule has 0 aliphatic heterocycles. The highest BCUT2D eigenvalue weighted by Gasteiger charge is 2.39. The Balaban J connectivity index is 0.000000286. The molecular formula is C33H48N6O8P2S2. The van der Waals surface area contributed by atoms with Crippen LogP contribution in [0.1, 0.15) is 43.5 Å². The second-order valence-corrected chi connectivity index (χ2v) is 21.6. The van der Waals surface area contributed by atoms with E-state index < -0.39 is 49.0 Å². The number of rotatable bonds is 13. The summed E-state index contributed by atoms with van der Waals surface area (Å²) in [5.41, 5.74) is 6.31. The van der Waals surface area contributed by atoms with Crippen LogP contribution < -0.4 is 15.9 Å². The number of nitrogens with zero attached hydrogens (tertiary/aromatic N) is 2. The summed E-state index contributed by atoms with van der Waals surface area (Å²) in [6.45, 7) is 7.71. The Morgan fingerprint density at radius 2 is 1.33 bits per heavy atom. The van der Waals surface area contributed by atoms with Crippen molar-refractivity contribution in [3.8, 4) is 22.5 Å². The smallest absolute Gasteiger partial charge is 0.408 e. The first kappa shape index (κ1) is 42.6. The topological polar surface area (TPSA) is 226 Å². The number of quaternary nitrogens is 1. The lowest BCUT2D eigenvalue weighted by Gasteiger charge is -2.33. The number of alkyl carbamates (subject to hydrolysis) is 1. The monoisotopic (exact) mass is 782 g/mol. The molecule has 18 heteroatoms. The second-order valence-electron chi connectivity index (χ2n) is 13.6. The van der Waals surface area contributed by atoms with E-state index in [0.717, 1.165) is 33.6 Å². The lowest BCUT2D eigenvalue weighted by Crippen LogP contribution is -2.74. The van der Waals surface area contributed by atoms with E-state index in [9.17, 15) is 19.9 Å². The first-order chi connectivity index (χ1) is 23.6. The first-order valence-corrected chi connectivity index (χ1v) is 22.0. The Labute approximate surface area is 308 Å². The lowest BCUT2D eigenvalue weighted by atomic mass is 10.0. The van der Waals surface area contributed by atoms with Gasteiger partial charge in [-0.1, -0.05) is 83.3 Å². The van der Waals surface area contributed by atoms with Gasteiger partial charge in [-0.3, -0.25) is 0 Å². The Kier molecular flexibility index (Phi) is 14.5. The molecule has 0 saturated carbocycles. The Hall–Kier alpha value is -2.85. The fraction of sp³-hybridized carbons (Fsp3) is 0.424. The van der Waals surface area contributed by atoms with Crippen LogP contribution in [0.3, 0.4) is 0 Å². The van der Waals surface area contributed by atoms with E-state index >= 15 is 0 Å². The molecule has 0 saturated heterocycles. The van der Waals surface area contributed by atoms with E-state index in [1.807, 2.05) is 75.7 Å². The van der Waals surface area contributed by atoms with Gasteiger partial charge in [-0.2, -0.15) is 0 Å². The van der Waals surface area contributed by atoms with E-state index in [-0.39, 0.29) is 13.2 Å². The number of hydrogen-bond acceptors (Lipinski definition) is 11. The van der Waals surface area contributed by atoms with Crippen molar-refractivity contribution < 1.29 is 44.3 Å². The standard InChI is InChI=1S/C20H30N3O4PS.C13H18N3O4PS/c1-14-7-9-15(10-8-14)16-11-21-17(22-16)20(12-24,13-26-28(5,6)29)23-18(25)27-19(2,3)4;1-9-2-4-10(5-3-9)11-6-15-12(16-11)13(14,7-17)8-20-21(18,19)22/h7-11,24H,12-13H2,1-6H3,(H,21,22)(H,23,25);2-6,17H,7-8,14H2,1H3,(H,15,16)(H2,18,19,22). The largest absolute Gasteiger partial charge is 0.780 e. The van der Waals surface area contributed by atoms with Crippen molar-refractivity contribution in [3.63, 3.8) is 0 Å². The number of hydrogen-bond donors (Lipinski definition) is 7. The number of carbonyl (C=O) groups is 1. The number of aryl methyl sites for hydroxylation is 2. The minimum Gasteiger partial charge on any atom is -0.780 e. The van der Waals surface area contributed by atoms with Crippen LogP contribution in [-0.2, 0) is 48.5 Å². The number of nitrogens with one attached hydrogen (secondary N) is 3. The van der Waals surface area contributed by atoms with Gasteiger partial charge in [0.25, 0.3) is 0 Å². The van der Waals surface area contributed by atoms with Gasteiger partial charge in [-0.25, -0.2) is 14.8 Å². The zero-order valence-electron chi connectivity index (χ0n) is 29.8. The van der Waals surface area contributed by atoms with Crippen molar-refractivity contribution in [2.75, 3.05) is 39.8 Å². The molecule has 51 heavy (non-hydrogen) atoms. The van der Waals surface area contributed by atoms with Crippen LogP contribution in [0.5, 0.6) is 0 Å². The Morgan fingerprint density at radius 3 is 1.75 bits per heavy atom. The molecule has 0 aliphatic carbocycles. The molecule has 4 rings (SSSR count). The third kappa shape index (κ3) is 13.3. The lowest BCUT2D eigenvalue weighted by molar-refractivity contribution is -0.501. The molecule has 9 N–H and O–H groups in total. The number of imidazole rings is 2. The number of ether oxygens (including phenoxy) is 1. The molecule has 14 nitrogen and oxygen atoms in total. The number of aromatic amines is 2. The molecule has 280 valence electrons. The normalized spacial score (nSPS) is 15.5. The summed E-state index contributed by atoms with van der Waals surface area (Å²) in [6.07, 6.45) is 0.549. The van der Waals surface area contributed by atoms with Gasteiger partial charge in [0.05, 0.1) is 43.3 Å². The van der Waals surface area contributed by atoms with E-state index in [0.29, 0.717) is 11.6 Å². The van der Waals surface area contributed by atoms with Gasteiger partial charge in [0.1, 0.15) is 36.9 Å². The molecule has 2 heterocycles. The summed E-state index contributed by atoms with van der Waals surface area (Å²) in [6, 6.07) is 15.8. The van der Waals surface area contributed by atoms with Crippen LogP contribution in [0.25, 0.3) is 22.5 Å². The van der Waals surface area contributed by atoms with Crippen LogP contribution >= 0.6 is 13.0 Å². The third-order valence-corrected chi connectivity index (χ3v) is 9.11. The molecule has 0 radical (unpaired) electrons. The van der Waals surface area contributed by atoms with Crippen molar-refractivity contribution in [2.24, 2.45) is 0 Å². The van der Waals surface area contributed by atoms with Gasteiger partial charge >= 0.3 is 6.09 Å². The highest BCUT2D eigenvalue weighted by Crippen LogP contribution is 2.40. The third-order valence-electron chi connectivity index (χ3n) is 7.27. The summed E-state index contributed by atoms with van der Waals surface area (Å²) < 4.78 is 15.9. The number of carbonyl (C=O) groups excluding carboxylic acids is 1. The van der Waals surface area contributed by atoms with Crippen molar-refractivity contribution in [3.05, 3.63) is 83.7 Å². The second kappa shape index (κ2) is 17.3. The summed E-state index contributed by atoms with van der Waals surface area (Å²) in [5.74, 6) is 0.721. The predicted molar refractivity (Wildman–Crippen MR) is 202 cm³/mol. The molecule has 3 unspecified atom stereocenters. The van der Waals surface area contributed by atoms with Crippen LogP contribution in [0.4, 0.5) is 4.79 Å². The molecule has 0 bridgehead atoms. The summed E-state index contributed by atoms with van der Waals surface area (Å²) in [5, 5.41) is 22.5. The molecular weight excluding hydrogens is 734 g/mol. The minimum atomic E-state index is -4.06. The molecule has 2 aromatic heterocycles. The first-order valence-electron chi connectivity index (χ1n) is 15.8. The number of aromatic nitrogens is 4. The van der Waals surface area contributed by atoms with Crippen molar-refractivity contribution >= 4 is 42.7 Å². The highest BCUT2D eigenvalue weighted by molar-refractivity contribution is 8.11.